The summed E-state index contributed by atoms with van der Waals surface area (Å²) in [6.07, 6.45) is 1.11. The van der Waals surface area contributed by atoms with E-state index in [9.17, 15) is 8.78 Å². The van der Waals surface area contributed by atoms with E-state index in [0.29, 0.717) is 17.9 Å². The molecule has 0 saturated heterocycles. The van der Waals surface area contributed by atoms with Crippen LogP contribution in [0.4, 0.5) is 14.6 Å². The molecule has 0 aliphatic rings. The fourth-order valence-electron chi connectivity index (χ4n) is 1.34. The molecular formula is C12H9BrF2N2. The van der Waals surface area contributed by atoms with Crippen molar-refractivity contribution in [3.05, 3.63) is 58.2 Å². The van der Waals surface area contributed by atoms with Crippen LogP contribution >= 0.6 is 15.9 Å². The van der Waals surface area contributed by atoms with Gasteiger partial charge in [0.2, 0.25) is 0 Å². The first-order valence-electron chi connectivity index (χ1n) is 4.94. The minimum Gasteiger partial charge on any atom is -0.366 e. The van der Waals surface area contributed by atoms with E-state index >= 15 is 0 Å². The lowest BCUT2D eigenvalue weighted by Gasteiger charge is -2.06. The van der Waals surface area contributed by atoms with Gasteiger partial charge in [-0.25, -0.2) is 13.8 Å². The second-order valence-electron chi connectivity index (χ2n) is 3.45. The summed E-state index contributed by atoms with van der Waals surface area (Å²) in [7, 11) is 0. The van der Waals surface area contributed by atoms with Crippen molar-refractivity contribution in [2.24, 2.45) is 0 Å². The van der Waals surface area contributed by atoms with Crippen LogP contribution in [0.1, 0.15) is 5.56 Å². The molecule has 0 saturated carbocycles. The SMILES string of the molecule is Fc1ccc(NCc2cc(Br)ccc2F)nc1. The van der Waals surface area contributed by atoms with Crippen LogP contribution in [0.2, 0.25) is 0 Å². The Kier molecular flexibility index (Phi) is 3.68. The van der Waals surface area contributed by atoms with Crippen molar-refractivity contribution in [3.63, 3.8) is 0 Å². The van der Waals surface area contributed by atoms with Gasteiger partial charge in [0.05, 0.1) is 6.20 Å². The third-order valence-corrected chi connectivity index (χ3v) is 2.69. The van der Waals surface area contributed by atoms with Gasteiger partial charge in [-0.1, -0.05) is 15.9 Å². The van der Waals surface area contributed by atoms with Gasteiger partial charge < -0.3 is 5.32 Å². The molecule has 17 heavy (non-hydrogen) atoms. The highest BCUT2D eigenvalue weighted by Gasteiger charge is 2.03. The molecule has 1 aromatic carbocycles. The summed E-state index contributed by atoms with van der Waals surface area (Å²) in [6.45, 7) is 0.296. The van der Waals surface area contributed by atoms with Gasteiger partial charge in [0.15, 0.2) is 0 Å². The molecule has 0 radical (unpaired) electrons. The Morgan fingerprint density at radius 1 is 1.18 bits per heavy atom. The second kappa shape index (κ2) is 5.23. The quantitative estimate of drug-likeness (QED) is 0.934. The summed E-state index contributed by atoms with van der Waals surface area (Å²) in [4.78, 5) is 3.83. The molecule has 0 fully saturated rings. The van der Waals surface area contributed by atoms with Gasteiger partial charge in [-0.3, -0.25) is 0 Å². The molecule has 0 aliphatic carbocycles. The number of halogens is 3. The molecule has 0 unspecified atom stereocenters. The van der Waals surface area contributed by atoms with Crippen LogP contribution in [0, 0.1) is 11.6 Å². The van der Waals surface area contributed by atoms with E-state index < -0.39 is 5.82 Å². The molecular weight excluding hydrogens is 290 g/mol. The Bertz CT molecular complexity index is 514. The van der Waals surface area contributed by atoms with Crippen molar-refractivity contribution in [2.75, 3.05) is 5.32 Å². The average Bonchev–Trinajstić information content (AvgIpc) is 2.32. The van der Waals surface area contributed by atoms with Crippen molar-refractivity contribution in [1.82, 2.24) is 4.98 Å². The third kappa shape index (κ3) is 3.23. The number of hydrogen-bond donors (Lipinski definition) is 1. The number of benzene rings is 1. The highest BCUT2D eigenvalue weighted by Crippen LogP contribution is 2.16. The molecule has 2 nitrogen and oxygen atoms in total. The average molecular weight is 299 g/mol. The molecule has 0 amide bonds. The topological polar surface area (TPSA) is 24.9 Å². The summed E-state index contributed by atoms with van der Waals surface area (Å²) >= 11 is 3.27. The number of nitrogens with one attached hydrogen (secondary N) is 1. The maximum Gasteiger partial charge on any atom is 0.141 e. The standard InChI is InChI=1S/C12H9BrF2N2/c13-9-1-3-11(15)8(5-9)6-16-12-4-2-10(14)7-17-12/h1-5,7H,6H2,(H,16,17). The number of nitrogens with zero attached hydrogens (tertiary/aromatic N) is 1. The Hall–Kier alpha value is -1.49. The molecule has 1 heterocycles. The fourth-order valence-corrected chi connectivity index (χ4v) is 1.75. The summed E-state index contributed by atoms with van der Waals surface area (Å²) in [6, 6.07) is 7.51. The van der Waals surface area contributed by atoms with E-state index in [2.05, 4.69) is 26.2 Å². The summed E-state index contributed by atoms with van der Waals surface area (Å²) in [5, 5.41) is 2.92. The fraction of sp³-hybridized carbons (Fsp3) is 0.0833. The first kappa shape index (κ1) is 12.0. The van der Waals surface area contributed by atoms with Gasteiger partial charge in [0.25, 0.3) is 0 Å². The third-order valence-electron chi connectivity index (χ3n) is 2.20. The number of anilines is 1. The van der Waals surface area contributed by atoms with Crippen LogP contribution in [0.25, 0.3) is 0 Å². The van der Waals surface area contributed by atoms with Gasteiger partial charge in [0.1, 0.15) is 17.5 Å². The van der Waals surface area contributed by atoms with E-state index in [1.807, 2.05) is 0 Å². The van der Waals surface area contributed by atoms with Crippen molar-refractivity contribution in [1.29, 1.82) is 0 Å². The molecule has 0 atom stereocenters. The van der Waals surface area contributed by atoms with Gasteiger partial charge in [-0.15, -0.1) is 0 Å². The van der Waals surface area contributed by atoms with Crippen molar-refractivity contribution >= 4 is 21.7 Å². The molecule has 1 aromatic heterocycles. The van der Waals surface area contributed by atoms with Gasteiger partial charge in [-0.2, -0.15) is 0 Å². The van der Waals surface area contributed by atoms with Crippen molar-refractivity contribution in [3.8, 4) is 0 Å². The number of hydrogen-bond acceptors (Lipinski definition) is 2. The van der Waals surface area contributed by atoms with E-state index in [1.165, 1.54) is 18.2 Å². The lowest BCUT2D eigenvalue weighted by molar-refractivity contribution is 0.611. The van der Waals surface area contributed by atoms with E-state index in [0.717, 1.165) is 10.7 Å². The van der Waals surface area contributed by atoms with Crippen LogP contribution in [0.15, 0.2) is 41.0 Å². The largest absolute Gasteiger partial charge is 0.366 e. The summed E-state index contributed by atoms with van der Waals surface area (Å²) in [5.74, 6) is -0.183. The van der Waals surface area contributed by atoms with Crippen molar-refractivity contribution < 1.29 is 8.78 Å². The molecule has 2 rings (SSSR count). The minimum absolute atomic E-state index is 0.289. The van der Waals surface area contributed by atoms with Crippen LogP contribution in [-0.4, -0.2) is 4.98 Å². The zero-order valence-corrected chi connectivity index (χ0v) is 10.3. The first-order chi connectivity index (χ1) is 8.15. The Balaban J connectivity index is 2.07. The normalized spacial score (nSPS) is 10.3. The molecule has 5 heteroatoms. The molecule has 88 valence electrons. The highest BCUT2D eigenvalue weighted by molar-refractivity contribution is 9.10. The first-order valence-corrected chi connectivity index (χ1v) is 5.74. The molecule has 0 bridgehead atoms. The van der Waals surface area contributed by atoms with E-state index in [4.69, 9.17) is 0 Å². The lowest BCUT2D eigenvalue weighted by Crippen LogP contribution is -2.03. The Labute approximate surface area is 106 Å². The van der Waals surface area contributed by atoms with Crippen LogP contribution in [0.5, 0.6) is 0 Å². The zero-order valence-electron chi connectivity index (χ0n) is 8.75. The monoisotopic (exact) mass is 298 g/mol. The molecule has 0 aliphatic heterocycles. The predicted octanol–water partition coefficient (Wildman–Crippen LogP) is 3.73. The second-order valence-corrected chi connectivity index (χ2v) is 4.37. The van der Waals surface area contributed by atoms with Crippen LogP contribution in [-0.2, 0) is 6.54 Å². The molecule has 2 aromatic rings. The van der Waals surface area contributed by atoms with Crippen LogP contribution < -0.4 is 5.32 Å². The maximum absolute atomic E-state index is 13.4. The Morgan fingerprint density at radius 2 is 2.00 bits per heavy atom. The smallest absolute Gasteiger partial charge is 0.141 e. The molecule has 1 N–H and O–H groups in total. The Morgan fingerprint density at radius 3 is 2.71 bits per heavy atom. The number of rotatable bonds is 3. The predicted molar refractivity (Wildman–Crippen MR) is 65.6 cm³/mol. The minimum atomic E-state index is -0.399. The van der Waals surface area contributed by atoms with Crippen LogP contribution in [0.3, 0.4) is 0 Å². The summed E-state index contributed by atoms with van der Waals surface area (Å²) < 4.78 is 26.8. The van der Waals surface area contributed by atoms with Gasteiger partial charge in [0, 0.05) is 16.6 Å². The zero-order chi connectivity index (χ0) is 12.3. The van der Waals surface area contributed by atoms with Gasteiger partial charge >= 0.3 is 0 Å². The highest BCUT2D eigenvalue weighted by atomic mass is 79.9. The number of aromatic nitrogens is 1. The molecule has 0 spiro atoms. The van der Waals surface area contributed by atoms with Gasteiger partial charge in [-0.05, 0) is 30.3 Å². The maximum atomic E-state index is 13.4. The number of pyridine rings is 1. The van der Waals surface area contributed by atoms with E-state index in [-0.39, 0.29) is 5.82 Å². The van der Waals surface area contributed by atoms with E-state index in [1.54, 1.807) is 12.1 Å². The lowest BCUT2D eigenvalue weighted by atomic mass is 10.2. The van der Waals surface area contributed by atoms with Crippen molar-refractivity contribution in [2.45, 2.75) is 6.54 Å². The summed E-state index contributed by atoms with van der Waals surface area (Å²) in [5.41, 5.74) is 0.519.